The highest BCUT2D eigenvalue weighted by atomic mass is 19.4. The largest absolute Gasteiger partial charge is 0.391 e. The second-order valence-corrected chi connectivity index (χ2v) is 12.2. The van der Waals surface area contributed by atoms with Crippen molar-refractivity contribution >= 4 is 0 Å². The van der Waals surface area contributed by atoms with Crippen LogP contribution in [0.3, 0.4) is 0 Å². The third kappa shape index (κ3) is 3.92. The smallest absolute Gasteiger partial charge is 0.271 e. The Morgan fingerprint density at radius 3 is 2.55 bits per heavy atom. The fraction of sp³-hybridized carbons (Fsp3) is 0.852. The van der Waals surface area contributed by atoms with Crippen molar-refractivity contribution in [1.29, 1.82) is 5.26 Å². The molecule has 0 saturated heterocycles. The molecule has 8 atom stereocenters. The van der Waals surface area contributed by atoms with Gasteiger partial charge in [0.25, 0.3) is 0 Å². The Hall–Kier alpha value is -1.51. The second kappa shape index (κ2) is 8.31. The zero-order valence-electron chi connectivity index (χ0n) is 20.1. The molecule has 182 valence electrons. The summed E-state index contributed by atoms with van der Waals surface area (Å²) in [4.78, 5) is 0. The lowest BCUT2D eigenvalue weighted by Gasteiger charge is -2.61. The molecule has 1 heterocycles. The topological polar surface area (TPSA) is 41.6 Å². The fourth-order valence-electron chi connectivity index (χ4n) is 9.18. The minimum absolute atomic E-state index is 0.114. The van der Waals surface area contributed by atoms with Crippen LogP contribution in [-0.4, -0.2) is 16.0 Å². The van der Waals surface area contributed by atoms with E-state index in [1.54, 1.807) is 6.20 Å². The maximum absolute atomic E-state index is 13.4. The molecule has 0 aliphatic heterocycles. The van der Waals surface area contributed by atoms with Gasteiger partial charge in [-0.25, -0.2) is 0 Å². The Morgan fingerprint density at radius 1 is 1.06 bits per heavy atom. The van der Waals surface area contributed by atoms with E-state index < -0.39 is 12.1 Å². The molecule has 0 bridgehead atoms. The van der Waals surface area contributed by atoms with E-state index in [0.717, 1.165) is 44.1 Å². The van der Waals surface area contributed by atoms with Crippen molar-refractivity contribution in [1.82, 2.24) is 9.78 Å². The molecule has 4 aliphatic rings. The number of hydrogen-bond donors (Lipinski definition) is 0. The minimum Gasteiger partial charge on any atom is -0.271 e. The zero-order chi connectivity index (χ0) is 23.4. The highest BCUT2D eigenvalue weighted by Gasteiger charge is 2.61. The first-order chi connectivity index (χ1) is 15.6. The van der Waals surface area contributed by atoms with E-state index in [9.17, 15) is 13.2 Å². The van der Waals surface area contributed by atoms with Crippen molar-refractivity contribution in [2.24, 2.45) is 46.3 Å². The van der Waals surface area contributed by atoms with Crippen LogP contribution in [-0.2, 0) is 6.54 Å². The first-order valence-electron chi connectivity index (χ1n) is 13.1. The van der Waals surface area contributed by atoms with Gasteiger partial charge in [-0.15, -0.1) is 0 Å². The zero-order valence-corrected chi connectivity index (χ0v) is 20.1. The second-order valence-electron chi connectivity index (χ2n) is 12.2. The summed E-state index contributed by atoms with van der Waals surface area (Å²) in [7, 11) is 0. The van der Waals surface area contributed by atoms with Gasteiger partial charge in [-0.3, -0.25) is 4.68 Å². The summed E-state index contributed by atoms with van der Waals surface area (Å²) >= 11 is 0. The van der Waals surface area contributed by atoms with Crippen LogP contribution in [0, 0.1) is 57.7 Å². The lowest BCUT2D eigenvalue weighted by atomic mass is 9.44. The number of fused-ring (bicyclic) bond motifs is 5. The normalized spacial score (nSPS) is 42.8. The average Bonchev–Trinajstić information content (AvgIpc) is 3.36. The number of aromatic nitrogens is 2. The van der Waals surface area contributed by atoms with Crippen LogP contribution >= 0.6 is 0 Å². The van der Waals surface area contributed by atoms with Crippen molar-refractivity contribution in [3.8, 4) is 6.07 Å². The first-order valence-corrected chi connectivity index (χ1v) is 13.1. The van der Waals surface area contributed by atoms with E-state index in [1.807, 2.05) is 10.9 Å². The molecule has 0 N–H and O–H groups in total. The maximum atomic E-state index is 13.4. The molecule has 8 unspecified atom stereocenters. The van der Waals surface area contributed by atoms with Gasteiger partial charge in [-0.2, -0.15) is 23.5 Å². The molecule has 4 fully saturated rings. The molecule has 0 amide bonds. The summed E-state index contributed by atoms with van der Waals surface area (Å²) in [5, 5.41) is 13.3. The van der Waals surface area contributed by atoms with Gasteiger partial charge in [0.1, 0.15) is 6.07 Å². The summed E-state index contributed by atoms with van der Waals surface area (Å²) in [6, 6.07) is 2.14. The number of alkyl halides is 3. The highest BCUT2D eigenvalue weighted by Crippen LogP contribution is 2.68. The van der Waals surface area contributed by atoms with Crippen LogP contribution in [0.15, 0.2) is 12.4 Å². The molecular weight excluding hydrogens is 423 g/mol. The van der Waals surface area contributed by atoms with E-state index in [2.05, 4.69) is 25.0 Å². The Kier molecular flexibility index (Phi) is 5.85. The summed E-state index contributed by atoms with van der Waals surface area (Å²) < 4.78 is 42.2. The minimum atomic E-state index is -4.02. The molecule has 0 aromatic carbocycles. The molecule has 6 heteroatoms. The summed E-state index contributed by atoms with van der Waals surface area (Å²) in [6.07, 6.45) is 10.4. The lowest BCUT2D eigenvalue weighted by molar-refractivity contribution is -0.208. The third-order valence-corrected chi connectivity index (χ3v) is 11.0. The Labute approximate surface area is 196 Å². The summed E-state index contributed by atoms with van der Waals surface area (Å²) in [6.45, 7) is 5.75. The van der Waals surface area contributed by atoms with Crippen LogP contribution in [0.5, 0.6) is 0 Å². The molecule has 5 rings (SSSR count). The molecule has 33 heavy (non-hydrogen) atoms. The van der Waals surface area contributed by atoms with Gasteiger partial charge in [0, 0.05) is 12.7 Å². The number of rotatable bonds is 4. The van der Waals surface area contributed by atoms with Crippen molar-refractivity contribution in [3.05, 3.63) is 18.0 Å². The van der Waals surface area contributed by atoms with Gasteiger partial charge >= 0.3 is 6.18 Å². The van der Waals surface area contributed by atoms with Gasteiger partial charge < -0.3 is 0 Å². The van der Waals surface area contributed by atoms with Gasteiger partial charge in [-0.05, 0) is 111 Å². The monoisotopic (exact) mass is 461 g/mol. The molecule has 3 nitrogen and oxygen atoms in total. The SMILES string of the molecule is CC12CCC3C(CCC4CC(C(F)(F)F)CCC43C)C1CCC2CCCn1cc(C#N)cn1. The van der Waals surface area contributed by atoms with Crippen LogP contribution in [0.2, 0.25) is 0 Å². The number of halogens is 3. The van der Waals surface area contributed by atoms with Crippen molar-refractivity contribution in [2.45, 2.75) is 97.2 Å². The predicted octanol–water partition coefficient (Wildman–Crippen LogP) is 7.37. The third-order valence-electron chi connectivity index (χ3n) is 11.0. The Bertz CT molecular complexity index is 901. The first kappa shape index (κ1) is 23.2. The van der Waals surface area contributed by atoms with Crippen LogP contribution < -0.4 is 0 Å². The molecule has 4 saturated carbocycles. The number of nitriles is 1. The van der Waals surface area contributed by atoms with E-state index in [0.29, 0.717) is 35.7 Å². The van der Waals surface area contributed by atoms with Gasteiger partial charge in [0.15, 0.2) is 0 Å². The molecule has 1 aromatic heterocycles. The van der Waals surface area contributed by atoms with Gasteiger partial charge in [-0.1, -0.05) is 13.8 Å². The van der Waals surface area contributed by atoms with Crippen molar-refractivity contribution in [3.63, 3.8) is 0 Å². The molecular formula is C27H38F3N3. The van der Waals surface area contributed by atoms with Crippen LogP contribution in [0.4, 0.5) is 13.2 Å². The number of nitrogens with zero attached hydrogens (tertiary/aromatic N) is 3. The molecule has 4 aliphatic carbocycles. The summed E-state index contributed by atoms with van der Waals surface area (Å²) in [5.74, 6) is 2.00. The van der Waals surface area contributed by atoms with E-state index in [-0.39, 0.29) is 11.3 Å². The Morgan fingerprint density at radius 2 is 1.82 bits per heavy atom. The van der Waals surface area contributed by atoms with Crippen LogP contribution in [0.25, 0.3) is 0 Å². The quantitative estimate of drug-likeness (QED) is 0.470. The predicted molar refractivity (Wildman–Crippen MR) is 121 cm³/mol. The molecule has 1 aromatic rings. The van der Waals surface area contributed by atoms with Crippen molar-refractivity contribution < 1.29 is 13.2 Å². The van der Waals surface area contributed by atoms with E-state index >= 15 is 0 Å². The van der Waals surface area contributed by atoms with Gasteiger partial charge in [0.05, 0.1) is 17.7 Å². The van der Waals surface area contributed by atoms with E-state index in [4.69, 9.17) is 5.26 Å². The van der Waals surface area contributed by atoms with Crippen LogP contribution in [0.1, 0.15) is 90.0 Å². The average molecular weight is 462 g/mol. The van der Waals surface area contributed by atoms with Crippen molar-refractivity contribution in [2.75, 3.05) is 0 Å². The van der Waals surface area contributed by atoms with Gasteiger partial charge in [0.2, 0.25) is 0 Å². The summed E-state index contributed by atoms with van der Waals surface area (Å²) in [5.41, 5.74) is 1.12. The molecule has 0 radical (unpaired) electrons. The number of aryl methyl sites for hydroxylation is 1. The standard InChI is InChI=1S/C27H38F3N3/c1-25-12-10-24-22(7-5-20-14-21(27(28,29)30)9-11-26(20,24)2)23(25)8-6-19(25)4-3-13-33-17-18(15-31)16-32-33/h16-17,19-24H,3-14H2,1-2H3. The lowest BCUT2D eigenvalue weighted by Crippen LogP contribution is -2.54. The highest BCUT2D eigenvalue weighted by molar-refractivity contribution is 5.21. The molecule has 0 spiro atoms. The Balaban J connectivity index is 1.23. The fourth-order valence-corrected chi connectivity index (χ4v) is 9.18. The number of hydrogen-bond acceptors (Lipinski definition) is 2. The maximum Gasteiger partial charge on any atom is 0.391 e. The van der Waals surface area contributed by atoms with E-state index in [1.165, 1.54) is 32.1 Å².